The van der Waals surface area contributed by atoms with Crippen LogP contribution in [-0.4, -0.2) is 19.6 Å². The van der Waals surface area contributed by atoms with Gasteiger partial charge in [-0.1, -0.05) is 38.8 Å². The fraction of sp³-hybridized carbons (Fsp3) is 0.533. The smallest absolute Gasteiger partial charge is 0.337 e. The van der Waals surface area contributed by atoms with E-state index in [9.17, 15) is 4.79 Å². The number of allylic oxidation sites excluding steroid dienone is 3. The van der Waals surface area contributed by atoms with Crippen LogP contribution in [0.2, 0.25) is 0 Å². The van der Waals surface area contributed by atoms with Crippen molar-refractivity contribution in [3.05, 3.63) is 35.6 Å². The van der Waals surface area contributed by atoms with E-state index >= 15 is 0 Å². The Labute approximate surface area is 110 Å². The van der Waals surface area contributed by atoms with E-state index in [-0.39, 0.29) is 5.97 Å². The normalized spacial score (nSPS) is 14.9. The van der Waals surface area contributed by atoms with E-state index < -0.39 is 0 Å². The van der Waals surface area contributed by atoms with Gasteiger partial charge in [0.2, 0.25) is 0 Å². The van der Waals surface area contributed by atoms with E-state index in [1.54, 1.807) is 0 Å². The molecule has 0 heterocycles. The molecule has 3 heteroatoms. The van der Waals surface area contributed by atoms with Crippen molar-refractivity contribution in [2.75, 3.05) is 13.7 Å². The second-order valence-electron chi connectivity index (χ2n) is 4.42. The number of nitrogens with one attached hydrogen (secondary N) is 1. The molecule has 0 radical (unpaired) electrons. The summed E-state index contributed by atoms with van der Waals surface area (Å²) >= 11 is 0. The highest BCUT2D eigenvalue weighted by Gasteiger charge is 2.12. The molecular formula is C15H23NO2. The molecule has 0 aromatic rings. The summed E-state index contributed by atoms with van der Waals surface area (Å²) in [5.74, 6) is 0.249. The SMILES string of the molecule is CCC(CC)COC(=O)C1=CCC=C(NC)C=C1. The van der Waals surface area contributed by atoms with Gasteiger partial charge in [-0.2, -0.15) is 0 Å². The van der Waals surface area contributed by atoms with E-state index in [1.807, 2.05) is 31.4 Å². The summed E-state index contributed by atoms with van der Waals surface area (Å²) in [6.45, 7) is 4.76. The van der Waals surface area contributed by atoms with Crippen molar-refractivity contribution in [2.24, 2.45) is 5.92 Å². The van der Waals surface area contributed by atoms with Crippen molar-refractivity contribution in [2.45, 2.75) is 33.1 Å². The zero-order valence-corrected chi connectivity index (χ0v) is 11.5. The van der Waals surface area contributed by atoms with Crippen molar-refractivity contribution in [3.8, 4) is 0 Å². The Morgan fingerprint density at radius 1 is 1.33 bits per heavy atom. The van der Waals surface area contributed by atoms with E-state index in [0.29, 0.717) is 18.1 Å². The van der Waals surface area contributed by atoms with Gasteiger partial charge < -0.3 is 10.1 Å². The summed E-state index contributed by atoms with van der Waals surface area (Å²) in [5.41, 5.74) is 1.66. The maximum atomic E-state index is 11.9. The number of rotatable bonds is 6. The monoisotopic (exact) mass is 249 g/mol. The number of carbonyl (C=O) groups excluding carboxylic acids is 1. The second kappa shape index (κ2) is 7.75. The lowest BCUT2D eigenvalue weighted by atomic mass is 10.1. The summed E-state index contributed by atoms with van der Waals surface area (Å²) < 4.78 is 5.35. The molecule has 0 fully saturated rings. The van der Waals surface area contributed by atoms with Crippen molar-refractivity contribution >= 4 is 5.97 Å². The number of hydrogen-bond acceptors (Lipinski definition) is 3. The van der Waals surface area contributed by atoms with E-state index in [0.717, 1.165) is 25.0 Å². The minimum absolute atomic E-state index is 0.219. The number of esters is 1. The van der Waals surface area contributed by atoms with Gasteiger partial charge in [0.05, 0.1) is 12.2 Å². The van der Waals surface area contributed by atoms with Crippen LogP contribution < -0.4 is 5.32 Å². The van der Waals surface area contributed by atoms with Crippen molar-refractivity contribution < 1.29 is 9.53 Å². The first-order valence-electron chi connectivity index (χ1n) is 6.64. The fourth-order valence-corrected chi connectivity index (χ4v) is 1.77. The molecule has 1 N–H and O–H groups in total. The maximum Gasteiger partial charge on any atom is 0.337 e. The molecule has 1 rings (SSSR count). The molecule has 3 nitrogen and oxygen atoms in total. The fourth-order valence-electron chi connectivity index (χ4n) is 1.77. The highest BCUT2D eigenvalue weighted by atomic mass is 16.5. The Morgan fingerprint density at radius 3 is 2.67 bits per heavy atom. The van der Waals surface area contributed by atoms with Crippen molar-refractivity contribution in [1.29, 1.82) is 0 Å². The van der Waals surface area contributed by atoms with Crippen LogP contribution in [0.1, 0.15) is 33.1 Å². The van der Waals surface area contributed by atoms with Crippen molar-refractivity contribution in [1.82, 2.24) is 5.32 Å². The van der Waals surface area contributed by atoms with Gasteiger partial charge in [0.1, 0.15) is 0 Å². The summed E-state index contributed by atoms with van der Waals surface area (Å²) in [7, 11) is 1.87. The van der Waals surface area contributed by atoms with Crippen LogP contribution in [0.5, 0.6) is 0 Å². The third-order valence-electron chi connectivity index (χ3n) is 3.25. The topological polar surface area (TPSA) is 38.3 Å². The predicted molar refractivity (Wildman–Crippen MR) is 74.0 cm³/mol. The third-order valence-corrected chi connectivity index (χ3v) is 3.25. The standard InChI is InChI=1S/C15H23NO2/c1-4-12(5-2)11-18-15(17)13-7-6-8-14(16-3)10-9-13/h7-10,12,16H,4-6,11H2,1-3H3. The number of carbonyl (C=O) groups is 1. The average molecular weight is 249 g/mol. The largest absolute Gasteiger partial charge is 0.462 e. The predicted octanol–water partition coefficient (Wildman–Crippen LogP) is 2.96. The first-order valence-corrected chi connectivity index (χ1v) is 6.64. The van der Waals surface area contributed by atoms with Gasteiger partial charge in [-0.3, -0.25) is 0 Å². The molecule has 18 heavy (non-hydrogen) atoms. The summed E-state index contributed by atoms with van der Waals surface area (Å²) in [4.78, 5) is 11.9. The van der Waals surface area contributed by atoms with Crippen LogP contribution in [0.4, 0.5) is 0 Å². The lowest BCUT2D eigenvalue weighted by Gasteiger charge is -2.12. The zero-order valence-electron chi connectivity index (χ0n) is 11.5. The quantitative estimate of drug-likeness (QED) is 0.735. The molecule has 0 unspecified atom stereocenters. The lowest BCUT2D eigenvalue weighted by molar-refractivity contribution is -0.140. The van der Waals surface area contributed by atoms with Gasteiger partial charge in [-0.05, 0) is 24.5 Å². The van der Waals surface area contributed by atoms with Gasteiger partial charge in [0.25, 0.3) is 0 Å². The van der Waals surface area contributed by atoms with Crippen LogP contribution in [0, 0.1) is 5.92 Å². The first kappa shape index (κ1) is 14.6. The molecule has 0 aromatic carbocycles. The van der Waals surface area contributed by atoms with Crippen LogP contribution in [0.15, 0.2) is 35.6 Å². The average Bonchev–Trinajstić information content (AvgIpc) is 2.65. The lowest BCUT2D eigenvalue weighted by Crippen LogP contribution is -2.14. The molecular weight excluding hydrogens is 226 g/mol. The Morgan fingerprint density at radius 2 is 2.06 bits per heavy atom. The molecule has 1 aliphatic rings. The number of ether oxygens (including phenoxy) is 1. The number of hydrogen-bond donors (Lipinski definition) is 1. The minimum atomic E-state index is -0.219. The van der Waals surface area contributed by atoms with Gasteiger partial charge >= 0.3 is 5.97 Å². The molecule has 0 bridgehead atoms. The zero-order chi connectivity index (χ0) is 13.4. The van der Waals surface area contributed by atoms with Crippen LogP contribution in [0.3, 0.4) is 0 Å². The Bertz CT molecular complexity index is 363. The molecule has 0 spiro atoms. The van der Waals surface area contributed by atoms with Crippen LogP contribution in [-0.2, 0) is 9.53 Å². The molecule has 100 valence electrons. The summed E-state index contributed by atoms with van der Waals surface area (Å²) in [6.07, 6.45) is 10.5. The maximum absolute atomic E-state index is 11.9. The number of likely N-dealkylation sites (N-methyl/N-ethyl adjacent to an activating group) is 1. The summed E-state index contributed by atoms with van der Waals surface area (Å²) in [6, 6.07) is 0. The van der Waals surface area contributed by atoms with Gasteiger partial charge in [0, 0.05) is 12.7 Å². The molecule has 0 atom stereocenters. The van der Waals surface area contributed by atoms with Crippen LogP contribution in [0.25, 0.3) is 0 Å². The third kappa shape index (κ3) is 4.40. The molecule has 0 aromatic heterocycles. The van der Waals surface area contributed by atoms with Gasteiger partial charge in [-0.15, -0.1) is 0 Å². The van der Waals surface area contributed by atoms with Gasteiger partial charge in [0.15, 0.2) is 0 Å². The Balaban J connectivity index is 2.51. The van der Waals surface area contributed by atoms with E-state index in [4.69, 9.17) is 4.74 Å². The molecule has 0 aliphatic heterocycles. The molecule has 0 saturated heterocycles. The van der Waals surface area contributed by atoms with E-state index in [1.165, 1.54) is 0 Å². The molecule has 0 saturated carbocycles. The highest BCUT2D eigenvalue weighted by Crippen LogP contribution is 2.13. The first-order chi connectivity index (χ1) is 8.71. The molecule has 1 aliphatic carbocycles. The molecule has 0 amide bonds. The minimum Gasteiger partial charge on any atom is -0.462 e. The Hall–Kier alpha value is -1.51. The Kier molecular flexibility index (Phi) is 6.26. The van der Waals surface area contributed by atoms with E-state index in [2.05, 4.69) is 19.2 Å². The summed E-state index contributed by atoms with van der Waals surface area (Å²) in [5, 5.41) is 3.06. The van der Waals surface area contributed by atoms with Crippen LogP contribution >= 0.6 is 0 Å². The second-order valence-corrected chi connectivity index (χ2v) is 4.42. The highest BCUT2D eigenvalue weighted by molar-refractivity contribution is 5.91. The van der Waals surface area contributed by atoms with Crippen molar-refractivity contribution in [3.63, 3.8) is 0 Å². The van der Waals surface area contributed by atoms with Gasteiger partial charge in [-0.25, -0.2) is 4.79 Å².